The number of pyridine rings is 1. The third-order valence-electron chi connectivity index (χ3n) is 6.70. The number of methoxy groups -OCH3 is 1. The molecule has 1 unspecified atom stereocenters. The molecule has 1 saturated heterocycles. The molecule has 1 aromatic heterocycles. The number of carbonyl (C=O) groups is 4. The van der Waals surface area contributed by atoms with Gasteiger partial charge in [-0.15, -0.1) is 0 Å². The molecule has 2 aliphatic rings. The normalized spacial score (nSPS) is 16.6. The summed E-state index contributed by atoms with van der Waals surface area (Å²) >= 11 is 0. The van der Waals surface area contributed by atoms with Crippen molar-refractivity contribution >= 4 is 29.5 Å². The molecule has 2 aromatic carbocycles. The van der Waals surface area contributed by atoms with Gasteiger partial charge in [0.2, 0.25) is 11.8 Å². The van der Waals surface area contributed by atoms with Crippen molar-refractivity contribution in [2.75, 3.05) is 12.4 Å². The highest BCUT2D eigenvalue weighted by Crippen LogP contribution is 2.35. The maximum atomic E-state index is 13.2. The van der Waals surface area contributed by atoms with Crippen LogP contribution in [0.25, 0.3) is 11.3 Å². The molecule has 3 aromatic rings. The third-order valence-corrected chi connectivity index (χ3v) is 6.70. The van der Waals surface area contributed by atoms with Crippen molar-refractivity contribution in [1.29, 1.82) is 0 Å². The Labute approximate surface area is 219 Å². The van der Waals surface area contributed by atoms with Crippen molar-refractivity contribution in [3.63, 3.8) is 0 Å². The molecular weight excluding hydrogens is 488 g/mol. The van der Waals surface area contributed by atoms with E-state index in [4.69, 9.17) is 9.47 Å². The van der Waals surface area contributed by atoms with Gasteiger partial charge in [-0.25, -0.2) is 4.79 Å². The first-order valence-corrected chi connectivity index (χ1v) is 12.1. The van der Waals surface area contributed by atoms with Crippen LogP contribution in [0.3, 0.4) is 0 Å². The standard InChI is InChI=1S/C28H26N4O6/c1-16-5-3-4-6-19(16)22-8-7-18(13-29-22)30-28(36)38-15-17-11-20-21(24(12-17)37-2)14-32(27(20)35)23-9-10-25(33)31-26(23)34/h3-8,11-13,23H,9-10,14-15H2,1-2H3,(H,30,36)(H,31,33,34). The van der Waals surface area contributed by atoms with Crippen LogP contribution in [-0.4, -0.2) is 46.9 Å². The first-order chi connectivity index (χ1) is 18.3. The smallest absolute Gasteiger partial charge is 0.412 e. The Morgan fingerprint density at radius 3 is 2.66 bits per heavy atom. The molecule has 0 aliphatic carbocycles. The van der Waals surface area contributed by atoms with E-state index >= 15 is 0 Å². The number of rotatable bonds is 6. The summed E-state index contributed by atoms with van der Waals surface area (Å²) in [5.41, 5.74) is 4.97. The molecule has 194 valence electrons. The number of anilines is 1. The Hall–Kier alpha value is -4.73. The lowest BCUT2D eigenvalue weighted by Gasteiger charge is -2.29. The summed E-state index contributed by atoms with van der Waals surface area (Å²) in [5, 5.41) is 4.94. The van der Waals surface area contributed by atoms with Crippen LogP contribution in [0.15, 0.2) is 54.7 Å². The Bertz CT molecular complexity index is 1440. The zero-order chi connectivity index (χ0) is 26.8. The number of nitrogens with one attached hydrogen (secondary N) is 2. The summed E-state index contributed by atoms with van der Waals surface area (Å²) in [5.74, 6) is -0.702. The average Bonchev–Trinajstić information content (AvgIpc) is 3.24. The summed E-state index contributed by atoms with van der Waals surface area (Å²) in [6, 6.07) is 14.1. The largest absolute Gasteiger partial charge is 0.496 e. The van der Waals surface area contributed by atoms with E-state index in [-0.39, 0.29) is 37.8 Å². The van der Waals surface area contributed by atoms with Gasteiger partial charge in [-0.1, -0.05) is 24.3 Å². The SMILES string of the molecule is COc1cc(COC(=O)Nc2ccc(-c3ccccc3C)nc2)cc2c1CN(C1CCC(=O)NC1=O)C2=O. The predicted molar refractivity (Wildman–Crippen MR) is 137 cm³/mol. The molecule has 5 rings (SSSR count). The first-order valence-electron chi connectivity index (χ1n) is 12.1. The number of piperidine rings is 1. The minimum Gasteiger partial charge on any atom is -0.496 e. The summed E-state index contributed by atoms with van der Waals surface area (Å²) in [6.07, 6.45) is 1.32. The van der Waals surface area contributed by atoms with Crippen LogP contribution in [0.4, 0.5) is 10.5 Å². The van der Waals surface area contributed by atoms with Crippen LogP contribution in [0, 0.1) is 6.92 Å². The van der Waals surface area contributed by atoms with Gasteiger partial charge in [0.05, 0.1) is 31.2 Å². The van der Waals surface area contributed by atoms with Crippen molar-refractivity contribution in [2.24, 2.45) is 0 Å². The van der Waals surface area contributed by atoms with E-state index in [9.17, 15) is 19.2 Å². The summed E-state index contributed by atoms with van der Waals surface area (Å²) in [7, 11) is 1.49. The molecule has 10 nitrogen and oxygen atoms in total. The minimum atomic E-state index is -0.728. The Morgan fingerprint density at radius 2 is 1.95 bits per heavy atom. The summed E-state index contributed by atoms with van der Waals surface area (Å²) in [6.45, 7) is 2.10. The van der Waals surface area contributed by atoms with Gasteiger partial charge in [0, 0.05) is 23.1 Å². The highest BCUT2D eigenvalue weighted by Gasteiger charge is 2.40. The number of carbonyl (C=O) groups excluding carboxylic acids is 4. The van der Waals surface area contributed by atoms with E-state index in [2.05, 4.69) is 15.6 Å². The highest BCUT2D eigenvalue weighted by atomic mass is 16.5. The van der Waals surface area contributed by atoms with Crippen LogP contribution in [0.5, 0.6) is 5.75 Å². The lowest BCUT2D eigenvalue weighted by molar-refractivity contribution is -0.136. The van der Waals surface area contributed by atoms with Crippen molar-refractivity contribution in [3.8, 4) is 17.0 Å². The highest BCUT2D eigenvalue weighted by molar-refractivity contribution is 6.05. The Morgan fingerprint density at radius 1 is 1.13 bits per heavy atom. The fourth-order valence-corrected chi connectivity index (χ4v) is 4.74. The zero-order valence-corrected chi connectivity index (χ0v) is 20.9. The molecule has 38 heavy (non-hydrogen) atoms. The number of benzene rings is 2. The number of nitrogens with zero attached hydrogens (tertiary/aromatic N) is 2. The second-order valence-electron chi connectivity index (χ2n) is 9.17. The van der Waals surface area contributed by atoms with Gasteiger partial charge in [0.15, 0.2) is 0 Å². The lowest BCUT2D eigenvalue weighted by Crippen LogP contribution is -2.52. The zero-order valence-electron chi connectivity index (χ0n) is 20.9. The van der Waals surface area contributed by atoms with Crippen LogP contribution >= 0.6 is 0 Å². The summed E-state index contributed by atoms with van der Waals surface area (Å²) in [4.78, 5) is 55.3. The van der Waals surface area contributed by atoms with Crippen LogP contribution in [-0.2, 0) is 27.5 Å². The van der Waals surface area contributed by atoms with Crippen LogP contribution in [0.1, 0.15) is 39.9 Å². The van der Waals surface area contributed by atoms with Gasteiger partial charge in [0.1, 0.15) is 18.4 Å². The fourth-order valence-electron chi connectivity index (χ4n) is 4.74. The van der Waals surface area contributed by atoms with Gasteiger partial charge >= 0.3 is 6.09 Å². The number of ether oxygens (including phenoxy) is 2. The van der Waals surface area contributed by atoms with Gasteiger partial charge in [-0.05, 0) is 48.7 Å². The van der Waals surface area contributed by atoms with E-state index in [1.54, 1.807) is 24.4 Å². The number of amides is 4. The first kappa shape index (κ1) is 24.9. The molecule has 1 atom stereocenters. The molecule has 0 radical (unpaired) electrons. The van der Waals surface area contributed by atoms with Crippen molar-refractivity contribution in [2.45, 2.75) is 39.0 Å². The second kappa shape index (κ2) is 10.3. The summed E-state index contributed by atoms with van der Waals surface area (Å²) < 4.78 is 10.9. The molecule has 0 saturated carbocycles. The van der Waals surface area contributed by atoms with Crippen molar-refractivity contribution in [3.05, 3.63) is 77.0 Å². The Balaban J connectivity index is 1.24. The van der Waals surface area contributed by atoms with Crippen molar-refractivity contribution < 1.29 is 28.7 Å². The molecule has 1 fully saturated rings. The maximum absolute atomic E-state index is 13.2. The number of fused-ring (bicyclic) bond motifs is 1. The molecule has 10 heteroatoms. The van der Waals surface area contributed by atoms with Gasteiger partial charge < -0.3 is 14.4 Å². The van der Waals surface area contributed by atoms with Gasteiger partial charge in [-0.2, -0.15) is 0 Å². The molecule has 0 bridgehead atoms. The van der Waals surface area contributed by atoms with E-state index < -0.39 is 18.0 Å². The quantitative estimate of drug-likeness (QED) is 0.482. The van der Waals surface area contributed by atoms with Gasteiger partial charge in [0.25, 0.3) is 5.91 Å². The number of aromatic nitrogens is 1. The average molecular weight is 515 g/mol. The fraction of sp³-hybridized carbons (Fsp3) is 0.250. The van der Waals surface area contributed by atoms with E-state index in [1.165, 1.54) is 12.0 Å². The number of hydrogen-bond acceptors (Lipinski definition) is 7. The monoisotopic (exact) mass is 514 g/mol. The number of hydrogen-bond donors (Lipinski definition) is 2. The number of aryl methyl sites for hydroxylation is 1. The number of imide groups is 1. The third kappa shape index (κ3) is 4.93. The molecule has 4 amide bonds. The lowest BCUT2D eigenvalue weighted by atomic mass is 10.0. The molecule has 0 spiro atoms. The topological polar surface area (TPSA) is 127 Å². The molecular formula is C28H26N4O6. The Kier molecular flexibility index (Phi) is 6.78. The maximum Gasteiger partial charge on any atom is 0.412 e. The molecule has 2 N–H and O–H groups in total. The van der Waals surface area contributed by atoms with Crippen LogP contribution < -0.4 is 15.4 Å². The minimum absolute atomic E-state index is 0.101. The molecule has 3 heterocycles. The van der Waals surface area contributed by atoms with E-state index in [1.807, 2.05) is 37.3 Å². The van der Waals surface area contributed by atoms with Crippen molar-refractivity contribution in [1.82, 2.24) is 15.2 Å². The van der Waals surface area contributed by atoms with Gasteiger partial charge in [-0.3, -0.25) is 30.0 Å². The van der Waals surface area contributed by atoms with Crippen LogP contribution in [0.2, 0.25) is 0 Å². The van der Waals surface area contributed by atoms with E-state index in [0.717, 1.165) is 16.8 Å². The van der Waals surface area contributed by atoms with E-state index in [0.29, 0.717) is 28.1 Å². The predicted octanol–water partition coefficient (Wildman–Crippen LogP) is 3.58. The second-order valence-corrected chi connectivity index (χ2v) is 9.17. The molecule has 2 aliphatic heterocycles.